The van der Waals surface area contributed by atoms with E-state index in [1.807, 2.05) is 6.92 Å². The molecular weight excluding hydrogens is 242 g/mol. The van der Waals surface area contributed by atoms with Gasteiger partial charge in [0.25, 0.3) is 5.91 Å². The fourth-order valence-corrected chi connectivity index (χ4v) is 1.79. The monoisotopic (exact) mass is 257 g/mol. The summed E-state index contributed by atoms with van der Waals surface area (Å²) in [6.07, 6.45) is 4.03. The molecule has 1 atom stereocenters. The highest BCUT2D eigenvalue weighted by atomic mass is 16.1. The standard InChI is InChI=1S/C14H15N3O2/c1-10(13-7-15-9-17-13)6-16-14(19)12-5-3-2-4-11(12)8-18/h2-5,7-10H,6H2,1H3,(H,15,17)(H,16,19)/t10-/m0/s1. The first-order valence-electron chi connectivity index (χ1n) is 6.03. The molecule has 1 heterocycles. The summed E-state index contributed by atoms with van der Waals surface area (Å²) in [5, 5.41) is 2.82. The molecule has 2 rings (SSSR count). The quantitative estimate of drug-likeness (QED) is 0.801. The Labute approximate surface area is 111 Å². The van der Waals surface area contributed by atoms with Crippen LogP contribution in [-0.2, 0) is 0 Å². The molecule has 0 aliphatic carbocycles. The topological polar surface area (TPSA) is 74.8 Å². The SMILES string of the molecule is C[C@@H](CNC(=O)c1ccccc1C=O)c1cnc[nH]1. The van der Waals surface area contributed by atoms with Crippen molar-refractivity contribution in [1.29, 1.82) is 0 Å². The molecule has 19 heavy (non-hydrogen) atoms. The maximum Gasteiger partial charge on any atom is 0.252 e. The number of aldehydes is 1. The average molecular weight is 257 g/mol. The van der Waals surface area contributed by atoms with Gasteiger partial charge in [0, 0.05) is 35.5 Å². The summed E-state index contributed by atoms with van der Waals surface area (Å²) >= 11 is 0. The van der Waals surface area contributed by atoms with Crippen LogP contribution in [0.4, 0.5) is 0 Å². The van der Waals surface area contributed by atoms with Crippen molar-refractivity contribution in [2.75, 3.05) is 6.54 Å². The van der Waals surface area contributed by atoms with Gasteiger partial charge in [-0.2, -0.15) is 0 Å². The summed E-state index contributed by atoms with van der Waals surface area (Å²) in [5.41, 5.74) is 1.76. The van der Waals surface area contributed by atoms with Crippen molar-refractivity contribution in [3.8, 4) is 0 Å². The lowest BCUT2D eigenvalue weighted by Crippen LogP contribution is -2.28. The number of H-pyrrole nitrogens is 1. The lowest BCUT2D eigenvalue weighted by atomic mass is 10.1. The number of carbonyl (C=O) groups excluding carboxylic acids is 2. The van der Waals surface area contributed by atoms with Crippen LogP contribution in [0.5, 0.6) is 0 Å². The van der Waals surface area contributed by atoms with Crippen LogP contribution in [0, 0.1) is 0 Å². The van der Waals surface area contributed by atoms with Gasteiger partial charge in [-0.15, -0.1) is 0 Å². The third-order valence-electron chi connectivity index (χ3n) is 2.95. The van der Waals surface area contributed by atoms with Crippen molar-refractivity contribution < 1.29 is 9.59 Å². The Hall–Kier alpha value is -2.43. The third-order valence-corrected chi connectivity index (χ3v) is 2.95. The molecule has 1 aromatic heterocycles. The number of carbonyl (C=O) groups is 2. The van der Waals surface area contributed by atoms with Crippen molar-refractivity contribution in [3.05, 3.63) is 53.6 Å². The predicted molar refractivity (Wildman–Crippen MR) is 71.2 cm³/mol. The number of imidazole rings is 1. The number of aromatic amines is 1. The van der Waals surface area contributed by atoms with Gasteiger partial charge >= 0.3 is 0 Å². The van der Waals surface area contributed by atoms with Gasteiger partial charge in [0.05, 0.1) is 6.33 Å². The zero-order valence-corrected chi connectivity index (χ0v) is 10.6. The second kappa shape index (κ2) is 5.95. The van der Waals surface area contributed by atoms with Crippen LogP contribution in [0.15, 0.2) is 36.8 Å². The average Bonchev–Trinajstić information content (AvgIpc) is 2.98. The first-order chi connectivity index (χ1) is 9.22. The number of benzene rings is 1. The first kappa shape index (κ1) is 13.0. The van der Waals surface area contributed by atoms with Gasteiger partial charge in [0.1, 0.15) is 0 Å². The maximum atomic E-state index is 12.0. The van der Waals surface area contributed by atoms with E-state index in [1.54, 1.807) is 36.8 Å². The lowest BCUT2D eigenvalue weighted by Gasteiger charge is -2.11. The Morgan fingerprint density at radius 3 is 2.95 bits per heavy atom. The van der Waals surface area contributed by atoms with Crippen molar-refractivity contribution in [2.45, 2.75) is 12.8 Å². The summed E-state index contributed by atoms with van der Waals surface area (Å²) < 4.78 is 0. The van der Waals surface area contributed by atoms with Crippen LogP contribution >= 0.6 is 0 Å². The Morgan fingerprint density at radius 2 is 2.26 bits per heavy atom. The molecule has 5 heteroatoms. The van der Waals surface area contributed by atoms with Gasteiger partial charge in [-0.05, 0) is 6.07 Å². The van der Waals surface area contributed by atoms with Gasteiger partial charge in [-0.25, -0.2) is 4.98 Å². The number of amides is 1. The van der Waals surface area contributed by atoms with Crippen molar-refractivity contribution >= 4 is 12.2 Å². The summed E-state index contributed by atoms with van der Waals surface area (Å²) in [6.45, 7) is 2.47. The predicted octanol–water partition coefficient (Wildman–Crippen LogP) is 1.76. The normalized spacial score (nSPS) is 11.8. The molecule has 0 spiro atoms. The van der Waals surface area contributed by atoms with Crippen molar-refractivity contribution in [2.24, 2.45) is 0 Å². The highest BCUT2D eigenvalue weighted by Gasteiger charge is 2.12. The van der Waals surface area contributed by atoms with E-state index in [9.17, 15) is 9.59 Å². The van der Waals surface area contributed by atoms with Crippen LogP contribution in [0.2, 0.25) is 0 Å². The Kier molecular flexibility index (Phi) is 4.07. The highest BCUT2D eigenvalue weighted by molar-refractivity contribution is 6.01. The minimum Gasteiger partial charge on any atom is -0.351 e. The van der Waals surface area contributed by atoms with E-state index < -0.39 is 0 Å². The number of nitrogens with one attached hydrogen (secondary N) is 2. The second-order valence-electron chi connectivity index (χ2n) is 4.32. The molecule has 2 N–H and O–H groups in total. The van der Waals surface area contributed by atoms with Crippen LogP contribution in [0.3, 0.4) is 0 Å². The lowest BCUT2D eigenvalue weighted by molar-refractivity contribution is 0.0946. The zero-order valence-electron chi connectivity index (χ0n) is 10.6. The molecule has 0 radical (unpaired) electrons. The summed E-state index contributed by atoms with van der Waals surface area (Å²) in [5.74, 6) is -0.107. The second-order valence-corrected chi connectivity index (χ2v) is 4.32. The molecular formula is C14H15N3O2. The molecule has 0 aliphatic heterocycles. The van der Waals surface area contributed by atoms with Crippen LogP contribution < -0.4 is 5.32 Å². The number of hydrogen-bond acceptors (Lipinski definition) is 3. The molecule has 0 fully saturated rings. The van der Waals surface area contributed by atoms with Crippen molar-refractivity contribution in [1.82, 2.24) is 15.3 Å². The molecule has 0 saturated heterocycles. The molecule has 0 bridgehead atoms. The molecule has 0 unspecified atom stereocenters. The van der Waals surface area contributed by atoms with Crippen LogP contribution in [0.25, 0.3) is 0 Å². The van der Waals surface area contributed by atoms with E-state index in [2.05, 4.69) is 15.3 Å². The van der Waals surface area contributed by atoms with Gasteiger partial charge in [0.15, 0.2) is 6.29 Å². The molecule has 98 valence electrons. The third kappa shape index (κ3) is 3.07. The maximum absolute atomic E-state index is 12.0. The van der Waals surface area contributed by atoms with Crippen molar-refractivity contribution in [3.63, 3.8) is 0 Å². The van der Waals surface area contributed by atoms with E-state index in [1.165, 1.54) is 0 Å². The smallest absolute Gasteiger partial charge is 0.252 e. The van der Waals surface area contributed by atoms with E-state index in [4.69, 9.17) is 0 Å². The van der Waals surface area contributed by atoms with E-state index in [0.29, 0.717) is 24.0 Å². The fraction of sp³-hybridized carbons (Fsp3) is 0.214. The number of rotatable bonds is 5. The molecule has 0 saturated carbocycles. The molecule has 1 aromatic carbocycles. The first-order valence-corrected chi connectivity index (χ1v) is 6.03. The van der Waals surface area contributed by atoms with Crippen LogP contribution in [0.1, 0.15) is 39.3 Å². The minimum absolute atomic E-state index is 0.134. The number of hydrogen-bond donors (Lipinski definition) is 2. The molecule has 2 aromatic rings. The Balaban J connectivity index is 2.00. The molecule has 1 amide bonds. The van der Waals surface area contributed by atoms with E-state index in [0.717, 1.165) is 5.69 Å². The molecule has 5 nitrogen and oxygen atoms in total. The largest absolute Gasteiger partial charge is 0.351 e. The van der Waals surface area contributed by atoms with Gasteiger partial charge < -0.3 is 10.3 Å². The van der Waals surface area contributed by atoms with Gasteiger partial charge in [-0.3, -0.25) is 9.59 Å². The summed E-state index contributed by atoms with van der Waals surface area (Å²) in [7, 11) is 0. The van der Waals surface area contributed by atoms with E-state index >= 15 is 0 Å². The minimum atomic E-state index is -0.242. The Bertz CT molecular complexity index is 564. The summed E-state index contributed by atoms with van der Waals surface area (Å²) in [6, 6.07) is 6.73. The van der Waals surface area contributed by atoms with Gasteiger partial charge in [0.2, 0.25) is 0 Å². The van der Waals surface area contributed by atoms with Crippen LogP contribution in [-0.4, -0.2) is 28.7 Å². The number of aromatic nitrogens is 2. The van der Waals surface area contributed by atoms with Gasteiger partial charge in [-0.1, -0.05) is 25.1 Å². The Morgan fingerprint density at radius 1 is 1.47 bits per heavy atom. The highest BCUT2D eigenvalue weighted by Crippen LogP contribution is 2.11. The zero-order chi connectivity index (χ0) is 13.7. The summed E-state index contributed by atoms with van der Waals surface area (Å²) in [4.78, 5) is 29.8. The fourth-order valence-electron chi connectivity index (χ4n) is 1.79. The molecule has 0 aliphatic rings. The number of nitrogens with zero attached hydrogens (tertiary/aromatic N) is 1. The van der Waals surface area contributed by atoms with E-state index in [-0.39, 0.29) is 11.8 Å².